The molecule has 0 bridgehead atoms. The first-order chi connectivity index (χ1) is 12.1. The quantitative estimate of drug-likeness (QED) is 0.531. The molecule has 0 aliphatic carbocycles. The largest absolute Gasteiger partial charge is 0.352 e. The highest BCUT2D eigenvalue weighted by Crippen LogP contribution is 2.28. The molecule has 0 atom stereocenters. The van der Waals surface area contributed by atoms with Gasteiger partial charge in [-0.15, -0.1) is 0 Å². The van der Waals surface area contributed by atoms with Crippen molar-refractivity contribution in [1.29, 1.82) is 0 Å². The molecule has 3 rings (SSSR count). The monoisotopic (exact) mass is 335 g/mol. The number of nitrogens with one attached hydrogen (secondary N) is 2. The Labute approximate surface area is 148 Å². The van der Waals surface area contributed by atoms with Gasteiger partial charge < -0.3 is 10.6 Å². The lowest BCUT2D eigenvalue weighted by atomic mass is 9.98. The van der Waals surface area contributed by atoms with Gasteiger partial charge in [-0.1, -0.05) is 44.2 Å². The standard InChI is InChI=1S/C21H25N3O/c1-14(2)17-9-4-7-15-13-16-8-5-10-18(20(16)24-19(15)17)21(25)23-12-6-11-22-3/h4-5,7-10,13-14,22H,6,11-12H2,1-3H3,(H,23,25). The second-order valence-electron chi connectivity index (χ2n) is 6.65. The number of amides is 1. The van der Waals surface area contributed by atoms with Crippen LogP contribution in [0, 0.1) is 0 Å². The van der Waals surface area contributed by atoms with Crippen LogP contribution in [0.25, 0.3) is 21.8 Å². The van der Waals surface area contributed by atoms with Crippen molar-refractivity contribution >= 4 is 27.7 Å². The molecule has 130 valence electrons. The zero-order valence-electron chi connectivity index (χ0n) is 15.1. The van der Waals surface area contributed by atoms with Crippen LogP contribution in [0.3, 0.4) is 0 Å². The molecule has 0 spiro atoms. The molecule has 0 unspecified atom stereocenters. The predicted octanol–water partition coefficient (Wildman–Crippen LogP) is 3.85. The first-order valence-corrected chi connectivity index (χ1v) is 8.87. The van der Waals surface area contributed by atoms with Crippen molar-refractivity contribution in [2.75, 3.05) is 20.1 Å². The Morgan fingerprint density at radius 1 is 1.04 bits per heavy atom. The molecule has 1 amide bonds. The van der Waals surface area contributed by atoms with Gasteiger partial charge in [0.2, 0.25) is 0 Å². The van der Waals surface area contributed by atoms with Crippen LogP contribution in [0.4, 0.5) is 0 Å². The summed E-state index contributed by atoms with van der Waals surface area (Å²) in [7, 11) is 1.91. The summed E-state index contributed by atoms with van der Waals surface area (Å²) in [6.07, 6.45) is 0.904. The van der Waals surface area contributed by atoms with E-state index in [4.69, 9.17) is 4.98 Å². The highest BCUT2D eigenvalue weighted by atomic mass is 16.1. The number of hydrogen-bond donors (Lipinski definition) is 2. The van der Waals surface area contributed by atoms with Crippen molar-refractivity contribution in [3.63, 3.8) is 0 Å². The molecule has 4 heteroatoms. The maximum Gasteiger partial charge on any atom is 0.253 e. The van der Waals surface area contributed by atoms with Crippen LogP contribution in [0.1, 0.15) is 42.1 Å². The number of carbonyl (C=O) groups is 1. The summed E-state index contributed by atoms with van der Waals surface area (Å²) in [6.45, 7) is 5.87. The van der Waals surface area contributed by atoms with Crippen LogP contribution in [-0.4, -0.2) is 31.0 Å². The molecule has 1 heterocycles. The number of rotatable bonds is 6. The number of carbonyl (C=O) groups excluding carboxylic acids is 1. The van der Waals surface area contributed by atoms with Crippen molar-refractivity contribution in [2.24, 2.45) is 0 Å². The lowest BCUT2D eigenvalue weighted by Crippen LogP contribution is -2.26. The molecular weight excluding hydrogens is 310 g/mol. The lowest BCUT2D eigenvalue weighted by molar-refractivity contribution is 0.0955. The maximum absolute atomic E-state index is 12.6. The Hall–Kier alpha value is -2.46. The average Bonchev–Trinajstić information content (AvgIpc) is 2.62. The third-order valence-corrected chi connectivity index (χ3v) is 4.46. The zero-order valence-corrected chi connectivity index (χ0v) is 15.1. The van der Waals surface area contributed by atoms with E-state index in [1.165, 1.54) is 5.56 Å². The first kappa shape index (κ1) is 17.4. The Kier molecular flexibility index (Phi) is 5.29. The number of nitrogens with zero attached hydrogens (tertiary/aromatic N) is 1. The average molecular weight is 335 g/mol. The molecule has 0 saturated heterocycles. The summed E-state index contributed by atoms with van der Waals surface area (Å²) in [4.78, 5) is 17.5. The SMILES string of the molecule is CNCCCNC(=O)c1cccc2cc3cccc(C(C)C)c3nc12. The summed E-state index contributed by atoms with van der Waals surface area (Å²) in [6, 6.07) is 14.2. The van der Waals surface area contributed by atoms with E-state index in [1.807, 2.05) is 25.2 Å². The molecule has 0 fully saturated rings. The van der Waals surface area contributed by atoms with E-state index >= 15 is 0 Å². The highest BCUT2D eigenvalue weighted by Gasteiger charge is 2.13. The summed E-state index contributed by atoms with van der Waals surface area (Å²) < 4.78 is 0. The van der Waals surface area contributed by atoms with Gasteiger partial charge >= 0.3 is 0 Å². The minimum Gasteiger partial charge on any atom is -0.352 e. The second-order valence-corrected chi connectivity index (χ2v) is 6.65. The van der Waals surface area contributed by atoms with Crippen LogP contribution < -0.4 is 10.6 Å². The van der Waals surface area contributed by atoms with E-state index in [1.54, 1.807) is 0 Å². The first-order valence-electron chi connectivity index (χ1n) is 8.87. The van der Waals surface area contributed by atoms with Crippen molar-refractivity contribution < 1.29 is 4.79 Å². The van der Waals surface area contributed by atoms with Gasteiger partial charge in [0.05, 0.1) is 16.6 Å². The van der Waals surface area contributed by atoms with E-state index in [0.717, 1.165) is 34.8 Å². The Morgan fingerprint density at radius 2 is 1.76 bits per heavy atom. The smallest absolute Gasteiger partial charge is 0.253 e. The Morgan fingerprint density at radius 3 is 2.48 bits per heavy atom. The predicted molar refractivity (Wildman–Crippen MR) is 104 cm³/mol. The number of aromatic nitrogens is 1. The molecule has 0 saturated carbocycles. The van der Waals surface area contributed by atoms with Gasteiger partial charge in [-0.25, -0.2) is 4.98 Å². The fourth-order valence-electron chi connectivity index (χ4n) is 3.12. The summed E-state index contributed by atoms with van der Waals surface area (Å²) in [5, 5.41) is 8.19. The lowest BCUT2D eigenvalue weighted by Gasteiger charge is -2.12. The Balaban J connectivity index is 2.04. The summed E-state index contributed by atoms with van der Waals surface area (Å²) in [5.41, 5.74) is 3.61. The molecule has 4 nitrogen and oxygen atoms in total. The molecule has 1 aromatic heterocycles. The highest BCUT2D eigenvalue weighted by molar-refractivity contribution is 6.08. The van der Waals surface area contributed by atoms with Crippen molar-refractivity contribution in [2.45, 2.75) is 26.2 Å². The van der Waals surface area contributed by atoms with Crippen LogP contribution in [-0.2, 0) is 0 Å². The third kappa shape index (κ3) is 3.64. The van der Waals surface area contributed by atoms with Gasteiger partial charge in [0.25, 0.3) is 5.91 Å². The van der Waals surface area contributed by atoms with Gasteiger partial charge in [0, 0.05) is 17.3 Å². The van der Waals surface area contributed by atoms with Gasteiger partial charge in [0.15, 0.2) is 0 Å². The van der Waals surface area contributed by atoms with Crippen LogP contribution in [0.5, 0.6) is 0 Å². The fraction of sp³-hybridized carbons (Fsp3) is 0.333. The van der Waals surface area contributed by atoms with E-state index < -0.39 is 0 Å². The topological polar surface area (TPSA) is 54.0 Å². The summed E-state index contributed by atoms with van der Waals surface area (Å²) >= 11 is 0. The molecule has 3 aromatic rings. The fourth-order valence-corrected chi connectivity index (χ4v) is 3.12. The molecule has 0 aliphatic rings. The van der Waals surface area contributed by atoms with Gasteiger partial charge in [0.1, 0.15) is 0 Å². The van der Waals surface area contributed by atoms with E-state index in [9.17, 15) is 4.79 Å². The van der Waals surface area contributed by atoms with Gasteiger partial charge in [-0.3, -0.25) is 4.79 Å². The molecule has 0 aliphatic heterocycles. The molecule has 0 radical (unpaired) electrons. The third-order valence-electron chi connectivity index (χ3n) is 4.46. The van der Waals surface area contributed by atoms with Crippen molar-refractivity contribution in [3.05, 3.63) is 53.6 Å². The number of hydrogen-bond acceptors (Lipinski definition) is 3. The van der Waals surface area contributed by atoms with Gasteiger partial charge in [-0.05, 0) is 43.6 Å². The molecule has 2 N–H and O–H groups in total. The molecule has 2 aromatic carbocycles. The minimum atomic E-state index is -0.0596. The van der Waals surface area contributed by atoms with Gasteiger partial charge in [-0.2, -0.15) is 0 Å². The van der Waals surface area contributed by atoms with Crippen LogP contribution >= 0.6 is 0 Å². The normalized spacial score (nSPS) is 11.4. The zero-order chi connectivity index (χ0) is 17.8. The maximum atomic E-state index is 12.6. The Bertz CT molecular complexity index is 902. The van der Waals surface area contributed by atoms with Crippen LogP contribution in [0.15, 0.2) is 42.5 Å². The number of para-hydroxylation sites is 2. The number of benzene rings is 2. The number of fused-ring (bicyclic) bond motifs is 2. The minimum absolute atomic E-state index is 0.0596. The number of pyridine rings is 1. The van der Waals surface area contributed by atoms with E-state index in [-0.39, 0.29) is 5.91 Å². The summed E-state index contributed by atoms with van der Waals surface area (Å²) in [5.74, 6) is 0.326. The van der Waals surface area contributed by atoms with E-state index in [2.05, 4.69) is 48.7 Å². The van der Waals surface area contributed by atoms with Crippen molar-refractivity contribution in [3.8, 4) is 0 Å². The van der Waals surface area contributed by atoms with E-state index in [0.29, 0.717) is 18.0 Å². The van der Waals surface area contributed by atoms with Crippen molar-refractivity contribution in [1.82, 2.24) is 15.6 Å². The second kappa shape index (κ2) is 7.62. The molecular formula is C21H25N3O. The van der Waals surface area contributed by atoms with Crippen LogP contribution in [0.2, 0.25) is 0 Å². The molecule has 25 heavy (non-hydrogen) atoms.